The van der Waals surface area contributed by atoms with Crippen LogP contribution in [0.3, 0.4) is 0 Å². The van der Waals surface area contributed by atoms with Crippen molar-refractivity contribution >= 4 is 11.7 Å². The topological polar surface area (TPSA) is 46.2 Å². The highest BCUT2D eigenvalue weighted by molar-refractivity contribution is 6.00. The van der Waals surface area contributed by atoms with Crippen molar-refractivity contribution in [3.05, 3.63) is 35.4 Å². The lowest BCUT2D eigenvalue weighted by Crippen LogP contribution is -2.34. The molecule has 76 valence electrons. The lowest BCUT2D eigenvalue weighted by molar-refractivity contribution is -0.119. The van der Waals surface area contributed by atoms with Crippen LogP contribution in [0.1, 0.15) is 34.7 Å². The van der Waals surface area contributed by atoms with Crippen LogP contribution in [-0.2, 0) is 4.79 Å². The summed E-state index contributed by atoms with van der Waals surface area (Å²) in [5.41, 5.74) is 1.84. The molecule has 1 heterocycles. The van der Waals surface area contributed by atoms with E-state index in [1.54, 1.807) is 0 Å². The van der Waals surface area contributed by atoms with Crippen LogP contribution < -0.4 is 5.32 Å². The molecule has 1 aliphatic heterocycles. The summed E-state index contributed by atoms with van der Waals surface area (Å²) in [4.78, 5) is 23.1. The van der Waals surface area contributed by atoms with Crippen LogP contribution in [0.5, 0.6) is 0 Å². The van der Waals surface area contributed by atoms with Gasteiger partial charge in [-0.1, -0.05) is 24.3 Å². The minimum Gasteiger partial charge on any atom is -0.352 e. The summed E-state index contributed by atoms with van der Waals surface area (Å²) >= 11 is 0. The highest BCUT2D eigenvalue weighted by Gasteiger charge is 2.40. The van der Waals surface area contributed by atoms with Crippen LogP contribution >= 0.6 is 0 Å². The second-order valence-corrected chi connectivity index (χ2v) is 4.20. The summed E-state index contributed by atoms with van der Waals surface area (Å²) in [6, 6.07) is 7.65. The number of carbonyl (C=O) groups excluding carboxylic acids is 2. The van der Waals surface area contributed by atoms with Crippen molar-refractivity contribution in [1.82, 2.24) is 5.32 Å². The van der Waals surface area contributed by atoms with E-state index in [9.17, 15) is 9.59 Å². The van der Waals surface area contributed by atoms with Crippen LogP contribution in [0.2, 0.25) is 0 Å². The second-order valence-electron chi connectivity index (χ2n) is 4.20. The molecule has 0 saturated carbocycles. The van der Waals surface area contributed by atoms with Gasteiger partial charge in [-0.2, -0.15) is 0 Å². The Bertz CT molecular complexity index is 453. The third-order valence-electron chi connectivity index (χ3n) is 3.30. The van der Waals surface area contributed by atoms with Crippen LogP contribution in [-0.4, -0.2) is 17.7 Å². The highest BCUT2D eigenvalue weighted by Crippen LogP contribution is 2.37. The Morgan fingerprint density at radius 2 is 1.93 bits per heavy atom. The van der Waals surface area contributed by atoms with Gasteiger partial charge in [0.2, 0.25) is 5.91 Å². The molecule has 0 radical (unpaired) electrons. The number of ketones is 1. The zero-order chi connectivity index (χ0) is 10.4. The van der Waals surface area contributed by atoms with Crippen molar-refractivity contribution in [3.63, 3.8) is 0 Å². The molecule has 0 bridgehead atoms. The lowest BCUT2D eigenvalue weighted by atomic mass is 9.79. The van der Waals surface area contributed by atoms with Crippen molar-refractivity contribution in [3.8, 4) is 0 Å². The largest absolute Gasteiger partial charge is 0.352 e. The maximum absolute atomic E-state index is 11.8. The first-order valence-electron chi connectivity index (χ1n) is 5.17. The zero-order valence-electron chi connectivity index (χ0n) is 8.19. The number of rotatable bonds is 0. The Hall–Kier alpha value is -1.64. The first-order valence-corrected chi connectivity index (χ1v) is 5.17. The normalized spacial score (nSPS) is 28.3. The van der Waals surface area contributed by atoms with Gasteiger partial charge in [0.25, 0.3) is 0 Å². The van der Waals surface area contributed by atoms with Crippen molar-refractivity contribution in [2.45, 2.75) is 24.8 Å². The molecule has 3 heteroatoms. The van der Waals surface area contributed by atoms with Gasteiger partial charge in [-0.05, 0) is 5.56 Å². The Morgan fingerprint density at radius 3 is 2.80 bits per heavy atom. The van der Waals surface area contributed by atoms with Crippen LogP contribution in [0.15, 0.2) is 24.3 Å². The monoisotopic (exact) mass is 201 g/mol. The van der Waals surface area contributed by atoms with Crippen molar-refractivity contribution in [2.75, 3.05) is 0 Å². The van der Waals surface area contributed by atoms with Crippen LogP contribution in [0, 0.1) is 0 Å². The SMILES string of the molecule is O=C1C[C@H]2c3ccccc3C(=O)C[C@@H]2N1. The van der Waals surface area contributed by atoms with Gasteiger partial charge in [-0.3, -0.25) is 9.59 Å². The molecule has 3 rings (SSSR count). The Balaban J connectivity index is 2.12. The Labute approximate surface area is 87.5 Å². The van der Waals surface area contributed by atoms with E-state index >= 15 is 0 Å². The summed E-state index contributed by atoms with van der Waals surface area (Å²) < 4.78 is 0. The maximum atomic E-state index is 11.8. The van der Waals surface area contributed by atoms with Crippen molar-refractivity contribution < 1.29 is 9.59 Å². The third kappa shape index (κ3) is 1.19. The van der Waals surface area contributed by atoms with Gasteiger partial charge in [-0.25, -0.2) is 0 Å². The molecule has 1 fully saturated rings. The van der Waals surface area contributed by atoms with Crippen molar-refractivity contribution in [1.29, 1.82) is 0 Å². The molecule has 15 heavy (non-hydrogen) atoms. The van der Waals surface area contributed by atoms with E-state index in [0.717, 1.165) is 11.1 Å². The minimum atomic E-state index is 0.0277. The van der Waals surface area contributed by atoms with Gasteiger partial charge in [0, 0.05) is 30.4 Å². The molecule has 1 amide bonds. The molecule has 0 aromatic heterocycles. The Morgan fingerprint density at radius 1 is 1.13 bits per heavy atom. The van der Waals surface area contributed by atoms with E-state index in [0.29, 0.717) is 12.8 Å². The highest BCUT2D eigenvalue weighted by atomic mass is 16.2. The predicted octanol–water partition coefficient (Wildman–Crippen LogP) is 1.25. The quantitative estimate of drug-likeness (QED) is 0.686. The van der Waals surface area contributed by atoms with Gasteiger partial charge in [0.1, 0.15) is 0 Å². The molecular formula is C12H11NO2. The number of hydrogen-bond donors (Lipinski definition) is 1. The fourth-order valence-corrected chi connectivity index (χ4v) is 2.61. The van der Waals surface area contributed by atoms with E-state index in [2.05, 4.69) is 5.32 Å². The fourth-order valence-electron chi connectivity index (χ4n) is 2.61. The number of fused-ring (bicyclic) bond motifs is 3. The first-order chi connectivity index (χ1) is 7.25. The van der Waals surface area contributed by atoms with E-state index in [1.807, 2.05) is 24.3 Å². The summed E-state index contributed by atoms with van der Waals surface area (Å²) in [5, 5.41) is 2.87. The molecule has 1 aromatic carbocycles. The van der Waals surface area contributed by atoms with E-state index < -0.39 is 0 Å². The number of Topliss-reactive ketones (excluding diaryl/α,β-unsaturated/α-hetero) is 1. The maximum Gasteiger partial charge on any atom is 0.220 e. The number of hydrogen-bond acceptors (Lipinski definition) is 2. The smallest absolute Gasteiger partial charge is 0.220 e. The summed E-state index contributed by atoms with van der Waals surface area (Å²) in [7, 11) is 0. The number of carbonyl (C=O) groups is 2. The van der Waals surface area contributed by atoms with Gasteiger partial charge >= 0.3 is 0 Å². The molecule has 2 atom stereocenters. The van der Waals surface area contributed by atoms with Gasteiger partial charge < -0.3 is 5.32 Å². The predicted molar refractivity (Wildman–Crippen MR) is 54.7 cm³/mol. The molecule has 1 N–H and O–H groups in total. The average Bonchev–Trinajstić information content (AvgIpc) is 2.59. The Kier molecular flexibility index (Phi) is 1.69. The summed E-state index contributed by atoms with van der Waals surface area (Å²) in [5.74, 6) is 0.412. The van der Waals surface area contributed by atoms with Crippen LogP contribution in [0.25, 0.3) is 0 Å². The molecule has 1 saturated heterocycles. The number of benzene rings is 1. The third-order valence-corrected chi connectivity index (χ3v) is 3.30. The number of amides is 1. The number of nitrogens with one attached hydrogen (secondary N) is 1. The van der Waals surface area contributed by atoms with Gasteiger partial charge in [0.15, 0.2) is 5.78 Å². The average molecular weight is 201 g/mol. The van der Waals surface area contributed by atoms with Gasteiger partial charge in [0.05, 0.1) is 0 Å². The van der Waals surface area contributed by atoms with E-state index in [4.69, 9.17) is 0 Å². The summed E-state index contributed by atoms with van der Waals surface area (Å²) in [6.07, 6.45) is 0.975. The second kappa shape index (κ2) is 2.92. The molecule has 0 unspecified atom stereocenters. The minimum absolute atomic E-state index is 0.0277. The lowest BCUT2D eigenvalue weighted by Gasteiger charge is -2.26. The van der Waals surface area contributed by atoms with E-state index in [-0.39, 0.29) is 23.7 Å². The summed E-state index contributed by atoms with van der Waals surface area (Å²) in [6.45, 7) is 0. The molecule has 3 nitrogen and oxygen atoms in total. The first kappa shape index (κ1) is 8.65. The van der Waals surface area contributed by atoms with Crippen LogP contribution in [0.4, 0.5) is 0 Å². The fraction of sp³-hybridized carbons (Fsp3) is 0.333. The van der Waals surface area contributed by atoms with Crippen molar-refractivity contribution in [2.24, 2.45) is 0 Å². The van der Waals surface area contributed by atoms with E-state index in [1.165, 1.54) is 0 Å². The molecule has 0 spiro atoms. The molecule has 2 aliphatic rings. The molecule has 1 aliphatic carbocycles. The zero-order valence-corrected chi connectivity index (χ0v) is 8.19. The molecular weight excluding hydrogens is 190 g/mol. The standard InChI is InChI=1S/C12H11NO2/c14-11-6-10-9(5-12(15)13-10)7-3-1-2-4-8(7)11/h1-4,9-10H,5-6H2,(H,13,15)/t9-,10-/m0/s1. The van der Waals surface area contributed by atoms with Gasteiger partial charge in [-0.15, -0.1) is 0 Å². The molecule has 1 aromatic rings.